The van der Waals surface area contributed by atoms with Crippen molar-refractivity contribution in [3.8, 4) is 0 Å². The molecule has 9 heteroatoms. The summed E-state index contributed by atoms with van der Waals surface area (Å²) in [4.78, 5) is 30.5. The summed E-state index contributed by atoms with van der Waals surface area (Å²) in [6.07, 6.45) is 0.202. The molecule has 100 valence electrons. The number of carbonyl (C=O) groups excluding carboxylic acids is 2. The van der Waals surface area contributed by atoms with Gasteiger partial charge in [-0.3, -0.25) is 9.59 Å². The van der Waals surface area contributed by atoms with Gasteiger partial charge in [0, 0.05) is 10.8 Å². The standard InChI is InChI=1S/C10H11N5O2S2/c11-7(16)1-5-4-19-10(14-5)15-8(17)2-6-3-18-9(12)13-6/h3-4H,1-2H2,(H2,11,16)(H2,12,13)(H,14,15,17). The lowest BCUT2D eigenvalue weighted by Gasteiger charge is -1.98. The molecule has 0 spiro atoms. The zero-order chi connectivity index (χ0) is 13.8. The fourth-order valence-electron chi connectivity index (χ4n) is 1.36. The third-order valence-electron chi connectivity index (χ3n) is 2.06. The molecule has 2 aromatic heterocycles. The monoisotopic (exact) mass is 297 g/mol. The van der Waals surface area contributed by atoms with Crippen LogP contribution in [0.15, 0.2) is 10.8 Å². The molecule has 0 radical (unpaired) electrons. The van der Waals surface area contributed by atoms with Crippen LogP contribution in [0.5, 0.6) is 0 Å². The van der Waals surface area contributed by atoms with E-state index in [9.17, 15) is 9.59 Å². The van der Waals surface area contributed by atoms with Crippen LogP contribution in [0.25, 0.3) is 0 Å². The van der Waals surface area contributed by atoms with E-state index < -0.39 is 5.91 Å². The average molecular weight is 297 g/mol. The van der Waals surface area contributed by atoms with Gasteiger partial charge in [-0.25, -0.2) is 9.97 Å². The number of amides is 2. The Balaban J connectivity index is 1.91. The Morgan fingerprint density at radius 2 is 1.84 bits per heavy atom. The largest absolute Gasteiger partial charge is 0.375 e. The van der Waals surface area contributed by atoms with Crippen LogP contribution in [-0.2, 0) is 22.4 Å². The van der Waals surface area contributed by atoms with Gasteiger partial charge in [-0.05, 0) is 0 Å². The van der Waals surface area contributed by atoms with Crippen molar-refractivity contribution in [3.63, 3.8) is 0 Å². The minimum Gasteiger partial charge on any atom is -0.375 e. The van der Waals surface area contributed by atoms with E-state index in [1.807, 2.05) is 0 Å². The minimum atomic E-state index is -0.457. The summed E-state index contributed by atoms with van der Waals surface area (Å²) in [5, 5.41) is 6.91. The quantitative estimate of drug-likeness (QED) is 0.736. The molecule has 0 fully saturated rings. The third-order valence-corrected chi connectivity index (χ3v) is 3.59. The zero-order valence-electron chi connectivity index (χ0n) is 9.75. The van der Waals surface area contributed by atoms with E-state index in [4.69, 9.17) is 11.5 Å². The number of nitrogens with two attached hydrogens (primary N) is 2. The molecular weight excluding hydrogens is 286 g/mol. The predicted molar refractivity (Wildman–Crippen MR) is 73.9 cm³/mol. The molecule has 2 rings (SSSR count). The van der Waals surface area contributed by atoms with Crippen LogP contribution >= 0.6 is 22.7 Å². The second-order valence-electron chi connectivity index (χ2n) is 3.69. The molecule has 0 bridgehead atoms. The first kappa shape index (κ1) is 13.4. The number of hydrogen-bond donors (Lipinski definition) is 3. The number of aromatic nitrogens is 2. The van der Waals surface area contributed by atoms with E-state index in [0.717, 1.165) is 0 Å². The molecule has 5 N–H and O–H groups in total. The highest BCUT2D eigenvalue weighted by Crippen LogP contribution is 2.17. The number of nitrogen functional groups attached to an aromatic ring is 1. The van der Waals surface area contributed by atoms with Crippen molar-refractivity contribution in [2.45, 2.75) is 12.8 Å². The molecule has 2 aromatic rings. The maximum absolute atomic E-state index is 11.7. The summed E-state index contributed by atoms with van der Waals surface area (Å²) in [5.74, 6) is -0.689. The van der Waals surface area contributed by atoms with Gasteiger partial charge >= 0.3 is 0 Å². The number of nitrogens with one attached hydrogen (secondary N) is 1. The molecule has 0 aromatic carbocycles. The van der Waals surface area contributed by atoms with Gasteiger partial charge < -0.3 is 16.8 Å². The SMILES string of the molecule is NC(=O)Cc1csc(NC(=O)Cc2csc(N)n2)n1. The van der Waals surface area contributed by atoms with Gasteiger partial charge in [0.15, 0.2) is 10.3 Å². The molecule has 0 aliphatic heterocycles. The Morgan fingerprint density at radius 1 is 1.16 bits per heavy atom. The number of anilines is 2. The smallest absolute Gasteiger partial charge is 0.232 e. The summed E-state index contributed by atoms with van der Waals surface area (Å²) < 4.78 is 0. The third kappa shape index (κ3) is 4.00. The first-order valence-corrected chi connectivity index (χ1v) is 7.01. The van der Waals surface area contributed by atoms with Crippen LogP contribution in [0.2, 0.25) is 0 Å². The number of hydrogen-bond acceptors (Lipinski definition) is 7. The van der Waals surface area contributed by atoms with Crippen LogP contribution in [0.4, 0.5) is 10.3 Å². The van der Waals surface area contributed by atoms with Crippen molar-refractivity contribution in [3.05, 3.63) is 22.1 Å². The van der Waals surface area contributed by atoms with Crippen LogP contribution in [0.3, 0.4) is 0 Å². The van der Waals surface area contributed by atoms with Crippen molar-refractivity contribution in [1.29, 1.82) is 0 Å². The highest BCUT2D eigenvalue weighted by Gasteiger charge is 2.10. The molecule has 0 saturated carbocycles. The van der Waals surface area contributed by atoms with Crippen molar-refractivity contribution in [2.24, 2.45) is 5.73 Å². The van der Waals surface area contributed by atoms with E-state index in [-0.39, 0.29) is 18.7 Å². The second-order valence-corrected chi connectivity index (χ2v) is 5.44. The fourth-order valence-corrected chi connectivity index (χ4v) is 2.65. The van der Waals surface area contributed by atoms with E-state index in [2.05, 4.69) is 15.3 Å². The summed E-state index contributed by atoms with van der Waals surface area (Å²) in [5.41, 5.74) is 11.7. The van der Waals surface area contributed by atoms with Gasteiger partial charge in [0.2, 0.25) is 11.8 Å². The van der Waals surface area contributed by atoms with Crippen molar-refractivity contribution >= 4 is 44.8 Å². The Bertz CT molecular complexity index is 607. The molecular formula is C10H11N5O2S2. The number of nitrogens with zero attached hydrogens (tertiary/aromatic N) is 2. The van der Waals surface area contributed by atoms with Crippen molar-refractivity contribution in [1.82, 2.24) is 9.97 Å². The first-order valence-electron chi connectivity index (χ1n) is 5.25. The summed E-state index contributed by atoms with van der Waals surface area (Å²) in [6.45, 7) is 0. The van der Waals surface area contributed by atoms with Gasteiger partial charge in [0.1, 0.15) is 0 Å². The summed E-state index contributed by atoms with van der Waals surface area (Å²) >= 11 is 2.53. The molecule has 7 nitrogen and oxygen atoms in total. The van der Waals surface area contributed by atoms with E-state index >= 15 is 0 Å². The van der Waals surface area contributed by atoms with Gasteiger partial charge in [-0.15, -0.1) is 22.7 Å². The highest BCUT2D eigenvalue weighted by molar-refractivity contribution is 7.14. The van der Waals surface area contributed by atoms with Gasteiger partial charge in [0.25, 0.3) is 0 Å². The summed E-state index contributed by atoms with van der Waals surface area (Å²) in [6, 6.07) is 0. The number of carbonyl (C=O) groups is 2. The molecule has 0 atom stereocenters. The Morgan fingerprint density at radius 3 is 2.47 bits per heavy atom. The average Bonchev–Trinajstić information content (AvgIpc) is 2.88. The predicted octanol–water partition coefficient (Wildman–Crippen LogP) is 0.391. The topological polar surface area (TPSA) is 124 Å². The number of primary amides is 1. The van der Waals surface area contributed by atoms with E-state index in [0.29, 0.717) is 21.7 Å². The maximum atomic E-state index is 11.7. The first-order chi connectivity index (χ1) is 9.02. The fraction of sp³-hybridized carbons (Fsp3) is 0.200. The Labute approximate surface area is 116 Å². The molecule has 19 heavy (non-hydrogen) atoms. The lowest BCUT2D eigenvalue weighted by atomic mass is 10.3. The molecule has 0 aliphatic carbocycles. The van der Waals surface area contributed by atoms with Crippen LogP contribution in [0, 0.1) is 0 Å². The summed E-state index contributed by atoms with van der Waals surface area (Å²) in [7, 11) is 0. The Kier molecular flexibility index (Phi) is 4.07. The maximum Gasteiger partial charge on any atom is 0.232 e. The number of rotatable bonds is 5. The molecule has 0 unspecified atom stereocenters. The molecule has 0 aliphatic rings. The van der Waals surface area contributed by atoms with Gasteiger partial charge in [-0.2, -0.15) is 0 Å². The van der Waals surface area contributed by atoms with Gasteiger partial charge in [-0.1, -0.05) is 0 Å². The molecule has 0 saturated heterocycles. The number of thiazole rings is 2. The van der Waals surface area contributed by atoms with Crippen molar-refractivity contribution < 1.29 is 9.59 Å². The highest BCUT2D eigenvalue weighted by atomic mass is 32.1. The van der Waals surface area contributed by atoms with E-state index in [1.54, 1.807) is 10.8 Å². The van der Waals surface area contributed by atoms with Crippen LogP contribution < -0.4 is 16.8 Å². The molecule has 2 heterocycles. The minimum absolute atomic E-state index is 0.0645. The van der Waals surface area contributed by atoms with E-state index in [1.165, 1.54) is 22.7 Å². The second kappa shape index (κ2) is 5.76. The van der Waals surface area contributed by atoms with Crippen molar-refractivity contribution in [2.75, 3.05) is 11.1 Å². The normalized spacial score (nSPS) is 10.3. The molecule has 2 amide bonds. The lowest BCUT2D eigenvalue weighted by molar-refractivity contribution is -0.117. The van der Waals surface area contributed by atoms with Crippen LogP contribution in [-0.4, -0.2) is 21.8 Å². The van der Waals surface area contributed by atoms with Crippen LogP contribution in [0.1, 0.15) is 11.4 Å². The Hall–Kier alpha value is -2.00. The lowest BCUT2D eigenvalue weighted by Crippen LogP contribution is -2.15. The zero-order valence-corrected chi connectivity index (χ0v) is 11.4. The van der Waals surface area contributed by atoms with Gasteiger partial charge in [0.05, 0.1) is 24.2 Å².